The van der Waals surface area contributed by atoms with Crippen molar-refractivity contribution in [1.82, 2.24) is 5.32 Å². The summed E-state index contributed by atoms with van der Waals surface area (Å²) in [6.07, 6.45) is 1.35. The summed E-state index contributed by atoms with van der Waals surface area (Å²) in [5.41, 5.74) is 4.33. The maximum absolute atomic E-state index is 12.4. The van der Waals surface area contributed by atoms with Crippen LogP contribution in [0.15, 0.2) is 42.5 Å². The molecule has 7 heteroatoms. The van der Waals surface area contributed by atoms with Crippen molar-refractivity contribution >= 4 is 29.3 Å². The first kappa shape index (κ1) is 21.0. The van der Waals surface area contributed by atoms with Gasteiger partial charge in [0, 0.05) is 17.8 Å². The normalized spacial score (nSPS) is 10.2. The number of amides is 3. The highest BCUT2D eigenvalue weighted by atomic mass is 16.4. The summed E-state index contributed by atoms with van der Waals surface area (Å²) in [6, 6.07) is 12.9. The molecule has 0 aliphatic carbocycles. The fourth-order valence-corrected chi connectivity index (χ4v) is 2.82. The monoisotopic (exact) mass is 383 g/mol. The van der Waals surface area contributed by atoms with Crippen LogP contribution in [0.3, 0.4) is 0 Å². The van der Waals surface area contributed by atoms with E-state index in [0.29, 0.717) is 18.5 Å². The summed E-state index contributed by atoms with van der Waals surface area (Å²) >= 11 is 0. The lowest BCUT2D eigenvalue weighted by atomic mass is 10.0. The Morgan fingerprint density at radius 3 is 2.46 bits per heavy atom. The van der Waals surface area contributed by atoms with Crippen LogP contribution in [-0.4, -0.2) is 29.6 Å². The molecule has 0 fully saturated rings. The maximum atomic E-state index is 12.4. The predicted octanol–water partition coefficient (Wildman–Crippen LogP) is 3.47. The average molecular weight is 383 g/mol. The summed E-state index contributed by atoms with van der Waals surface area (Å²) in [4.78, 5) is 34.5. The molecule has 0 radical (unpaired) electrons. The Morgan fingerprint density at radius 1 is 1.00 bits per heavy atom. The zero-order valence-corrected chi connectivity index (χ0v) is 16.0. The third-order valence-electron chi connectivity index (χ3n) is 4.16. The molecule has 0 unspecified atom stereocenters. The zero-order valence-electron chi connectivity index (χ0n) is 16.0. The molecule has 0 saturated carbocycles. The van der Waals surface area contributed by atoms with Gasteiger partial charge in [0.15, 0.2) is 0 Å². The molecule has 148 valence electrons. The molecule has 0 aliphatic heterocycles. The van der Waals surface area contributed by atoms with Gasteiger partial charge in [-0.1, -0.05) is 30.3 Å². The van der Waals surface area contributed by atoms with Gasteiger partial charge in [-0.15, -0.1) is 0 Å². The molecule has 28 heavy (non-hydrogen) atoms. The second kappa shape index (κ2) is 10.1. The molecule has 0 heterocycles. The van der Waals surface area contributed by atoms with E-state index < -0.39 is 5.97 Å². The molecule has 0 bridgehead atoms. The van der Waals surface area contributed by atoms with Crippen LogP contribution in [0.25, 0.3) is 0 Å². The summed E-state index contributed by atoms with van der Waals surface area (Å²) in [5, 5.41) is 16.6. The second-order valence-corrected chi connectivity index (χ2v) is 6.58. The van der Waals surface area contributed by atoms with Crippen molar-refractivity contribution < 1.29 is 19.5 Å². The van der Waals surface area contributed by atoms with Crippen LogP contribution < -0.4 is 16.0 Å². The number of hydrogen-bond acceptors (Lipinski definition) is 3. The van der Waals surface area contributed by atoms with Crippen molar-refractivity contribution in [2.45, 2.75) is 33.1 Å². The van der Waals surface area contributed by atoms with Crippen LogP contribution >= 0.6 is 0 Å². The number of aryl methyl sites for hydroxylation is 3. The Labute approximate surface area is 164 Å². The van der Waals surface area contributed by atoms with Crippen molar-refractivity contribution in [1.29, 1.82) is 0 Å². The van der Waals surface area contributed by atoms with Crippen LogP contribution in [0, 0.1) is 13.8 Å². The van der Waals surface area contributed by atoms with E-state index in [9.17, 15) is 14.4 Å². The molecular formula is C21H25N3O4. The smallest absolute Gasteiger partial charge is 0.323 e. The lowest BCUT2D eigenvalue weighted by Gasteiger charge is -2.15. The molecule has 0 aliphatic rings. The highest BCUT2D eigenvalue weighted by Crippen LogP contribution is 2.23. The molecule has 0 saturated heterocycles. The molecule has 0 atom stereocenters. The molecule has 2 aromatic carbocycles. The van der Waals surface area contributed by atoms with Gasteiger partial charge in [0.1, 0.15) is 6.54 Å². The van der Waals surface area contributed by atoms with E-state index in [4.69, 9.17) is 5.11 Å². The minimum atomic E-state index is -1.07. The van der Waals surface area contributed by atoms with Gasteiger partial charge in [-0.25, -0.2) is 4.79 Å². The Kier molecular flexibility index (Phi) is 7.56. The number of para-hydroxylation sites is 1. The van der Waals surface area contributed by atoms with Crippen molar-refractivity contribution in [3.05, 3.63) is 59.2 Å². The lowest BCUT2D eigenvalue weighted by Crippen LogP contribution is -2.29. The van der Waals surface area contributed by atoms with E-state index in [1.165, 1.54) is 0 Å². The van der Waals surface area contributed by atoms with Crippen molar-refractivity contribution in [3.63, 3.8) is 0 Å². The largest absolute Gasteiger partial charge is 0.480 e. The third kappa shape index (κ3) is 6.75. The molecule has 0 spiro atoms. The summed E-state index contributed by atoms with van der Waals surface area (Å²) in [7, 11) is 0. The number of carbonyl (C=O) groups excluding carboxylic acids is 2. The number of benzene rings is 2. The topological polar surface area (TPSA) is 108 Å². The van der Waals surface area contributed by atoms with Gasteiger partial charge in [-0.2, -0.15) is 0 Å². The van der Waals surface area contributed by atoms with Crippen LogP contribution in [0.1, 0.15) is 29.5 Å². The number of aliphatic carboxylic acids is 1. The number of nitrogens with one attached hydrogen (secondary N) is 3. The summed E-state index contributed by atoms with van der Waals surface area (Å²) < 4.78 is 0. The maximum Gasteiger partial charge on any atom is 0.323 e. The minimum absolute atomic E-state index is 0.218. The van der Waals surface area contributed by atoms with Crippen LogP contribution in [0.4, 0.5) is 16.2 Å². The van der Waals surface area contributed by atoms with Crippen LogP contribution in [0.5, 0.6) is 0 Å². The standard InChI is InChI=1S/C21H25N3O4/c1-14-6-3-10-17(12-14)23-21(28)24-20-15(2)7-4-8-16(20)9-5-11-18(25)22-13-19(26)27/h3-4,6-8,10,12H,5,9,11,13H2,1-2H3,(H,22,25)(H,26,27)(H2,23,24,28). The minimum Gasteiger partial charge on any atom is -0.480 e. The first-order valence-corrected chi connectivity index (χ1v) is 9.07. The van der Waals surface area contributed by atoms with Gasteiger partial charge in [-0.3, -0.25) is 9.59 Å². The summed E-state index contributed by atoms with van der Waals surface area (Å²) in [5.74, 6) is -1.38. The van der Waals surface area contributed by atoms with Gasteiger partial charge in [0.05, 0.1) is 0 Å². The van der Waals surface area contributed by atoms with E-state index in [-0.39, 0.29) is 24.9 Å². The number of rotatable bonds is 8. The SMILES string of the molecule is Cc1cccc(NC(=O)Nc2c(C)cccc2CCCC(=O)NCC(=O)O)c1. The fourth-order valence-electron chi connectivity index (χ4n) is 2.82. The highest BCUT2D eigenvalue weighted by Gasteiger charge is 2.11. The van der Waals surface area contributed by atoms with Gasteiger partial charge < -0.3 is 21.1 Å². The third-order valence-corrected chi connectivity index (χ3v) is 4.16. The molecule has 2 aromatic rings. The first-order chi connectivity index (χ1) is 13.3. The molecular weight excluding hydrogens is 358 g/mol. The molecule has 4 N–H and O–H groups in total. The van der Waals surface area contributed by atoms with Gasteiger partial charge in [-0.05, 0) is 55.5 Å². The summed E-state index contributed by atoms with van der Waals surface area (Å²) in [6.45, 7) is 3.48. The first-order valence-electron chi connectivity index (χ1n) is 9.07. The Bertz CT molecular complexity index is 864. The lowest BCUT2D eigenvalue weighted by molar-refractivity contribution is -0.137. The van der Waals surface area contributed by atoms with E-state index >= 15 is 0 Å². The van der Waals surface area contributed by atoms with Crippen molar-refractivity contribution in [2.24, 2.45) is 0 Å². The molecule has 7 nitrogen and oxygen atoms in total. The van der Waals surface area contributed by atoms with E-state index in [1.54, 1.807) is 0 Å². The van der Waals surface area contributed by atoms with E-state index in [1.807, 2.05) is 56.3 Å². The second-order valence-electron chi connectivity index (χ2n) is 6.58. The Hall–Kier alpha value is -3.35. The number of urea groups is 1. The van der Waals surface area contributed by atoms with Crippen molar-refractivity contribution in [3.8, 4) is 0 Å². The highest BCUT2D eigenvalue weighted by molar-refractivity contribution is 6.00. The Balaban J connectivity index is 1.96. The van der Waals surface area contributed by atoms with Gasteiger partial charge in [0.25, 0.3) is 0 Å². The average Bonchev–Trinajstić information content (AvgIpc) is 2.62. The van der Waals surface area contributed by atoms with Crippen LogP contribution in [0.2, 0.25) is 0 Å². The number of carboxylic acid groups (broad SMARTS) is 1. The number of hydrogen-bond donors (Lipinski definition) is 4. The molecule has 2 rings (SSSR count). The molecule has 3 amide bonds. The Morgan fingerprint density at radius 2 is 1.75 bits per heavy atom. The molecule has 0 aromatic heterocycles. The quantitative estimate of drug-likeness (QED) is 0.560. The van der Waals surface area contributed by atoms with Gasteiger partial charge in [0.2, 0.25) is 5.91 Å². The van der Waals surface area contributed by atoms with Crippen LogP contribution in [-0.2, 0) is 16.0 Å². The zero-order chi connectivity index (χ0) is 20.5. The van der Waals surface area contributed by atoms with E-state index in [2.05, 4.69) is 16.0 Å². The fraction of sp³-hybridized carbons (Fsp3) is 0.286. The van der Waals surface area contributed by atoms with E-state index in [0.717, 1.165) is 22.4 Å². The van der Waals surface area contributed by atoms with Gasteiger partial charge >= 0.3 is 12.0 Å². The number of anilines is 2. The number of carboxylic acids is 1. The van der Waals surface area contributed by atoms with Crippen molar-refractivity contribution in [2.75, 3.05) is 17.2 Å². The number of carbonyl (C=O) groups is 3. The predicted molar refractivity (Wildman–Crippen MR) is 109 cm³/mol.